The molecule has 0 saturated carbocycles. The molecule has 1 fully saturated rings. The number of hydrogen-bond acceptors (Lipinski definition) is 4. The second-order valence-corrected chi connectivity index (χ2v) is 5.79. The first-order valence-corrected chi connectivity index (χ1v) is 7.67. The summed E-state index contributed by atoms with van der Waals surface area (Å²) < 4.78 is 0. The predicted octanol–water partition coefficient (Wildman–Crippen LogP) is 2.33. The molecule has 4 heteroatoms. The topological polar surface area (TPSA) is 56.6 Å². The average Bonchev–Trinajstić information content (AvgIpc) is 2.54. The third-order valence-electron chi connectivity index (χ3n) is 4.31. The molecule has 21 heavy (non-hydrogen) atoms. The van der Waals surface area contributed by atoms with Gasteiger partial charge in [0, 0.05) is 30.6 Å². The quantitative estimate of drug-likeness (QED) is 0.905. The van der Waals surface area contributed by atoms with Crippen LogP contribution in [0.2, 0.25) is 0 Å². The Bertz CT molecular complexity index is 613. The molecule has 0 radical (unpaired) electrons. The van der Waals surface area contributed by atoms with Crippen molar-refractivity contribution in [3.05, 3.63) is 35.9 Å². The van der Waals surface area contributed by atoms with E-state index in [0.717, 1.165) is 48.2 Å². The fourth-order valence-electron chi connectivity index (χ4n) is 3.22. The van der Waals surface area contributed by atoms with Gasteiger partial charge in [-0.15, -0.1) is 0 Å². The lowest BCUT2D eigenvalue weighted by atomic mass is 9.95. The van der Waals surface area contributed by atoms with Crippen LogP contribution in [0.3, 0.4) is 0 Å². The Morgan fingerprint density at radius 2 is 2.10 bits per heavy atom. The summed E-state index contributed by atoms with van der Waals surface area (Å²) in [5.41, 5.74) is 1.85. The van der Waals surface area contributed by atoms with Gasteiger partial charge in [-0.2, -0.15) is 0 Å². The van der Waals surface area contributed by atoms with E-state index in [1.807, 2.05) is 30.3 Å². The zero-order valence-corrected chi connectivity index (χ0v) is 12.2. The molecule has 0 spiro atoms. The molecule has 2 aromatic rings. The zero-order valence-electron chi connectivity index (χ0n) is 12.2. The number of rotatable bonds is 4. The van der Waals surface area contributed by atoms with Gasteiger partial charge in [0.25, 0.3) is 0 Å². The van der Waals surface area contributed by atoms with Gasteiger partial charge in [-0.3, -0.25) is 0 Å². The SMILES string of the molecule is OCCC1CCCN(c2nc3ccccc3cc2CO)C1. The minimum absolute atomic E-state index is 0.00827. The standard InChI is InChI=1S/C17H22N2O2/c20-9-7-13-4-3-8-19(11-13)17-15(12-21)10-14-5-1-2-6-16(14)18-17/h1-2,5-6,10,13,20-21H,3-4,7-9,11-12H2. The molecule has 0 amide bonds. The highest BCUT2D eigenvalue weighted by Crippen LogP contribution is 2.28. The van der Waals surface area contributed by atoms with Crippen molar-refractivity contribution in [3.63, 3.8) is 0 Å². The van der Waals surface area contributed by atoms with Crippen LogP contribution in [0.4, 0.5) is 5.82 Å². The molecule has 1 aromatic heterocycles. The van der Waals surface area contributed by atoms with E-state index in [2.05, 4.69) is 4.90 Å². The van der Waals surface area contributed by atoms with Crippen LogP contribution in [0.15, 0.2) is 30.3 Å². The third-order valence-corrected chi connectivity index (χ3v) is 4.31. The molecule has 1 aliphatic rings. The van der Waals surface area contributed by atoms with Crippen molar-refractivity contribution >= 4 is 16.7 Å². The van der Waals surface area contributed by atoms with Crippen molar-refractivity contribution < 1.29 is 10.2 Å². The van der Waals surface area contributed by atoms with E-state index in [0.29, 0.717) is 5.92 Å². The first-order chi connectivity index (χ1) is 10.3. The largest absolute Gasteiger partial charge is 0.396 e. The normalized spacial score (nSPS) is 19.1. The number of para-hydroxylation sites is 1. The summed E-state index contributed by atoms with van der Waals surface area (Å²) in [5.74, 6) is 1.42. The Morgan fingerprint density at radius 3 is 2.90 bits per heavy atom. The monoisotopic (exact) mass is 286 g/mol. The fraction of sp³-hybridized carbons (Fsp3) is 0.471. The maximum atomic E-state index is 9.67. The molecule has 1 aromatic carbocycles. The number of pyridine rings is 1. The fourth-order valence-corrected chi connectivity index (χ4v) is 3.22. The maximum absolute atomic E-state index is 9.67. The molecule has 1 atom stereocenters. The molecular formula is C17H22N2O2. The minimum atomic E-state index is 0.00827. The van der Waals surface area contributed by atoms with Gasteiger partial charge < -0.3 is 15.1 Å². The van der Waals surface area contributed by atoms with Crippen LogP contribution in [0.5, 0.6) is 0 Å². The van der Waals surface area contributed by atoms with Crippen molar-refractivity contribution in [2.75, 3.05) is 24.6 Å². The van der Waals surface area contributed by atoms with Crippen molar-refractivity contribution in [1.29, 1.82) is 0 Å². The minimum Gasteiger partial charge on any atom is -0.396 e. The predicted molar refractivity (Wildman–Crippen MR) is 84.3 cm³/mol. The van der Waals surface area contributed by atoms with Crippen LogP contribution in [0.25, 0.3) is 10.9 Å². The van der Waals surface area contributed by atoms with Crippen molar-refractivity contribution in [2.24, 2.45) is 5.92 Å². The number of aliphatic hydroxyl groups is 2. The van der Waals surface area contributed by atoms with E-state index in [4.69, 9.17) is 10.1 Å². The molecule has 0 bridgehead atoms. The van der Waals surface area contributed by atoms with Gasteiger partial charge in [-0.05, 0) is 37.3 Å². The third kappa shape index (κ3) is 3.01. The molecular weight excluding hydrogens is 264 g/mol. The molecule has 2 heterocycles. The van der Waals surface area contributed by atoms with Gasteiger partial charge in [0.15, 0.2) is 0 Å². The number of piperidine rings is 1. The summed E-state index contributed by atoms with van der Waals surface area (Å²) in [7, 11) is 0. The lowest BCUT2D eigenvalue weighted by Gasteiger charge is -2.34. The Labute approximate surface area is 125 Å². The lowest BCUT2D eigenvalue weighted by Crippen LogP contribution is -2.37. The van der Waals surface area contributed by atoms with E-state index < -0.39 is 0 Å². The second-order valence-electron chi connectivity index (χ2n) is 5.79. The summed E-state index contributed by atoms with van der Waals surface area (Å²) in [4.78, 5) is 7.03. The van der Waals surface area contributed by atoms with Gasteiger partial charge in [0.05, 0.1) is 12.1 Å². The highest BCUT2D eigenvalue weighted by molar-refractivity contribution is 5.81. The van der Waals surface area contributed by atoms with Crippen molar-refractivity contribution in [2.45, 2.75) is 25.9 Å². The zero-order chi connectivity index (χ0) is 14.7. The summed E-state index contributed by atoms with van der Waals surface area (Å²) in [5, 5.41) is 19.9. The van der Waals surface area contributed by atoms with Crippen molar-refractivity contribution in [1.82, 2.24) is 4.98 Å². The Kier molecular flexibility index (Phi) is 4.36. The molecule has 0 aliphatic carbocycles. The number of benzene rings is 1. The second kappa shape index (κ2) is 6.41. The first-order valence-electron chi connectivity index (χ1n) is 7.67. The van der Waals surface area contributed by atoms with Crippen molar-refractivity contribution in [3.8, 4) is 0 Å². The maximum Gasteiger partial charge on any atom is 0.134 e. The number of aliphatic hydroxyl groups excluding tert-OH is 2. The molecule has 2 N–H and O–H groups in total. The smallest absolute Gasteiger partial charge is 0.134 e. The number of hydrogen-bond donors (Lipinski definition) is 2. The van der Waals surface area contributed by atoms with Crippen LogP contribution in [-0.2, 0) is 6.61 Å². The van der Waals surface area contributed by atoms with Gasteiger partial charge in [-0.1, -0.05) is 18.2 Å². The van der Waals surface area contributed by atoms with E-state index in [1.165, 1.54) is 6.42 Å². The Morgan fingerprint density at radius 1 is 1.24 bits per heavy atom. The average molecular weight is 286 g/mol. The molecule has 4 nitrogen and oxygen atoms in total. The van der Waals surface area contributed by atoms with Gasteiger partial charge in [0.2, 0.25) is 0 Å². The van der Waals surface area contributed by atoms with E-state index >= 15 is 0 Å². The summed E-state index contributed by atoms with van der Waals surface area (Å²) in [6, 6.07) is 10.0. The van der Waals surface area contributed by atoms with Crippen LogP contribution in [0.1, 0.15) is 24.8 Å². The van der Waals surface area contributed by atoms with Crippen LogP contribution in [0, 0.1) is 5.92 Å². The molecule has 1 saturated heterocycles. The number of anilines is 1. The van der Waals surface area contributed by atoms with Gasteiger partial charge >= 0.3 is 0 Å². The van der Waals surface area contributed by atoms with Crippen LogP contribution >= 0.6 is 0 Å². The number of nitrogens with zero attached hydrogens (tertiary/aromatic N) is 2. The Hall–Kier alpha value is -1.65. The van der Waals surface area contributed by atoms with E-state index in [9.17, 15) is 5.11 Å². The van der Waals surface area contributed by atoms with Gasteiger partial charge in [-0.25, -0.2) is 4.98 Å². The van der Waals surface area contributed by atoms with Crippen LogP contribution in [-0.4, -0.2) is 34.9 Å². The summed E-state index contributed by atoms with van der Waals surface area (Å²) >= 11 is 0. The van der Waals surface area contributed by atoms with E-state index in [-0.39, 0.29) is 13.2 Å². The summed E-state index contributed by atoms with van der Waals surface area (Å²) in [6.45, 7) is 2.14. The number of aromatic nitrogens is 1. The first kappa shape index (κ1) is 14.3. The lowest BCUT2D eigenvalue weighted by molar-refractivity contribution is 0.243. The van der Waals surface area contributed by atoms with Crippen LogP contribution < -0.4 is 4.90 Å². The Balaban J connectivity index is 1.94. The highest BCUT2D eigenvalue weighted by Gasteiger charge is 2.22. The molecule has 1 aliphatic heterocycles. The van der Waals surface area contributed by atoms with E-state index in [1.54, 1.807) is 0 Å². The molecule has 3 rings (SSSR count). The highest BCUT2D eigenvalue weighted by atomic mass is 16.3. The molecule has 112 valence electrons. The summed E-state index contributed by atoms with van der Waals surface area (Å²) in [6.07, 6.45) is 3.13. The van der Waals surface area contributed by atoms with Gasteiger partial charge in [0.1, 0.15) is 5.82 Å². The molecule has 1 unspecified atom stereocenters. The number of fused-ring (bicyclic) bond motifs is 1.